The van der Waals surface area contributed by atoms with Gasteiger partial charge in [0.25, 0.3) is 5.91 Å². The highest BCUT2D eigenvalue weighted by molar-refractivity contribution is 9.10. The van der Waals surface area contributed by atoms with Gasteiger partial charge in [0.2, 0.25) is 0 Å². The molecule has 6 heteroatoms. The fraction of sp³-hybridized carbons (Fsp3) is 0.455. The maximum Gasteiger partial charge on any atom is 0.303 e. The van der Waals surface area contributed by atoms with Crippen molar-refractivity contribution in [3.8, 4) is 0 Å². The number of hydrogen-bond acceptors (Lipinski definition) is 3. The van der Waals surface area contributed by atoms with Gasteiger partial charge in [-0.2, -0.15) is 0 Å². The van der Waals surface area contributed by atoms with Gasteiger partial charge >= 0.3 is 5.97 Å². The van der Waals surface area contributed by atoms with Crippen LogP contribution in [0.3, 0.4) is 0 Å². The third kappa shape index (κ3) is 5.04. The molecule has 94 valence electrons. The van der Waals surface area contributed by atoms with Crippen LogP contribution in [0.25, 0.3) is 0 Å². The van der Waals surface area contributed by atoms with E-state index in [0.717, 1.165) is 0 Å². The van der Waals surface area contributed by atoms with Crippen molar-refractivity contribution in [1.29, 1.82) is 0 Å². The lowest BCUT2D eigenvalue weighted by atomic mass is 10.1. The molecular formula is C11H14BrNO4. The van der Waals surface area contributed by atoms with E-state index in [1.54, 1.807) is 12.1 Å². The summed E-state index contributed by atoms with van der Waals surface area (Å²) >= 11 is 3.11. The van der Waals surface area contributed by atoms with E-state index in [0.29, 0.717) is 17.5 Å². The third-order valence-electron chi connectivity index (χ3n) is 2.20. The Labute approximate surface area is 107 Å². The van der Waals surface area contributed by atoms with Crippen molar-refractivity contribution < 1.29 is 19.1 Å². The van der Waals surface area contributed by atoms with Crippen LogP contribution in [-0.4, -0.2) is 23.0 Å². The number of carbonyl (C=O) groups excluding carboxylic acids is 1. The van der Waals surface area contributed by atoms with Crippen LogP contribution >= 0.6 is 15.9 Å². The summed E-state index contributed by atoms with van der Waals surface area (Å²) in [6, 6.07) is 3.14. The molecule has 0 aliphatic carbocycles. The van der Waals surface area contributed by atoms with Gasteiger partial charge in [-0.15, -0.1) is 0 Å². The zero-order valence-electron chi connectivity index (χ0n) is 9.40. The van der Waals surface area contributed by atoms with E-state index in [2.05, 4.69) is 21.2 Å². The molecule has 0 aliphatic rings. The Morgan fingerprint density at radius 2 is 2.24 bits per heavy atom. The summed E-state index contributed by atoms with van der Waals surface area (Å²) in [5.74, 6) is -0.876. The van der Waals surface area contributed by atoms with E-state index >= 15 is 0 Å². The predicted molar refractivity (Wildman–Crippen MR) is 64.8 cm³/mol. The van der Waals surface area contributed by atoms with Crippen molar-refractivity contribution >= 4 is 27.8 Å². The number of hydrogen-bond donors (Lipinski definition) is 2. The fourth-order valence-electron chi connectivity index (χ4n) is 1.36. The lowest BCUT2D eigenvalue weighted by molar-refractivity contribution is -0.137. The molecule has 2 N–H and O–H groups in total. The van der Waals surface area contributed by atoms with E-state index in [1.165, 1.54) is 0 Å². The van der Waals surface area contributed by atoms with Gasteiger partial charge in [0.1, 0.15) is 0 Å². The number of carboxylic acids is 1. The number of nitrogens with one attached hydrogen (secondary N) is 1. The van der Waals surface area contributed by atoms with Crippen molar-refractivity contribution in [3.63, 3.8) is 0 Å². The zero-order chi connectivity index (χ0) is 12.8. The summed E-state index contributed by atoms with van der Waals surface area (Å²) in [5, 5.41) is 11.2. The van der Waals surface area contributed by atoms with Crippen LogP contribution in [-0.2, 0) is 4.79 Å². The minimum absolute atomic E-state index is 0.0780. The summed E-state index contributed by atoms with van der Waals surface area (Å²) in [6.07, 6.45) is 1.28. The average Bonchev–Trinajstić information content (AvgIpc) is 2.64. The first kappa shape index (κ1) is 13.8. The fourth-order valence-corrected chi connectivity index (χ4v) is 1.67. The van der Waals surface area contributed by atoms with Gasteiger partial charge in [0, 0.05) is 12.5 Å². The molecule has 17 heavy (non-hydrogen) atoms. The second-order valence-electron chi connectivity index (χ2n) is 3.76. The monoisotopic (exact) mass is 303 g/mol. The van der Waals surface area contributed by atoms with Crippen molar-refractivity contribution in [3.05, 3.63) is 22.6 Å². The van der Waals surface area contributed by atoms with Crippen LogP contribution in [0.4, 0.5) is 0 Å². The summed E-state index contributed by atoms with van der Waals surface area (Å²) in [5.41, 5.74) is 0. The highest BCUT2D eigenvalue weighted by atomic mass is 79.9. The van der Waals surface area contributed by atoms with Crippen molar-refractivity contribution in [2.45, 2.75) is 32.2 Å². The zero-order valence-corrected chi connectivity index (χ0v) is 11.0. The molecule has 5 nitrogen and oxygen atoms in total. The Morgan fingerprint density at radius 3 is 2.76 bits per heavy atom. The summed E-state index contributed by atoms with van der Waals surface area (Å²) in [7, 11) is 0. The molecule has 1 atom stereocenters. The van der Waals surface area contributed by atoms with Gasteiger partial charge in [-0.1, -0.05) is 0 Å². The highest BCUT2D eigenvalue weighted by Crippen LogP contribution is 2.14. The molecular weight excluding hydrogens is 290 g/mol. The molecule has 0 bridgehead atoms. The summed E-state index contributed by atoms with van der Waals surface area (Å²) in [4.78, 5) is 21.9. The second-order valence-corrected chi connectivity index (χ2v) is 4.55. The SMILES string of the molecule is CC(CCCC(=O)O)NC(=O)c1ccc(Br)o1. The molecule has 0 saturated carbocycles. The Bertz CT molecular complexity index is 402. The van der Waals surface area contributed by atoms with Gasteiger partial charge in [-0.3, -0.25) is 9.59 Å². The van der Waals surface area contributed by atoms with Crippen LogP contribution in [0.5, 0.6) is 0 Å². The van der Waals surface area contributed by atoms with Crippen LogP contribution < -0.4 is 5.32 Å². The standard InChI is InChI=1S/C11H14BrNO4/c1-7(3-2-4-10(14)15)13-11(16)8-5-6-9(12)17-8/h5-7H,2-4H2,1H3,(H,13,16)(H,14,15). The Balaban J connectivity index is 2.33. The van der Waals surface area contributed by atoms with Gasteiger partial charge in [-0.25, -0.2) is 0 Å². The maximum atomic E-state index is 11.6. The van der Waals surface area contributed by atoms with E-state index in [1.807, 2.05) is 6.92 Å². The largest absolute Gasteiger partial charge is 0.481 e. The smallest absolute Gasteiger partial charge is 0.303 e. The number of carboxylic acid groups (broad SMARTS) is 1. The van der Waals surface area contributed by atoms with Crippen LogP contribution in [0.1, 0.15) is 36.7 Å². The minimum Gasteiger partial charge on any atom is -0.481 e. The Hall–Kier alpha value is -1.30. The molecule has 0 aliphatic heterocycles. The van der Waals surface area contributed by atoms with Crippen molar-refractivity contribution in [2.24, 2.45) is 0 Å². The van der Waals surface area contributed by atoms with Crippen LogP contribution in [0.2, 0.25) is 0 Å². The minimum atomic E-state index is -0.821. The number of amides is 1. The van der Waals surface area contributed by atoms with E-state index < -0.39 is 5.97 Å². The highest BCUT2D eigenvalue weighted by Gasteiger charge is 2.13. The first-order valence-electron chi connectivity index (χ1n) is 5.27. The molecule has 0 spiro atoms. The number of rotatable bonds is 6. The van der Waals surface area contributed by atoms with E-state index in [9.17, 15) is 9.59 Å². The number of halogens is 1. The van der Waals surface area contributed by atoms with Crippen molar-refractivity contribution in [1.82, 2.24) is 5.32 Å². The quantitative estimate of drug-likeness (QED) is 0.846. The number of carbonyl (C=O) groups is 2. The topological polar surface area (TPSA) is 79.5 Å². The average molecular weight is 304 g/mol. The molecule has 1 unspecified atom stereocenters. The van der Waals surface area contributed by atoms with Gasteiger partial charge in [0.15, 0.2) is 10.4 Å². The molecule has 1 rings (SSSR count). The van der Waals surface area contributed by atoms with Crippen molar-refractivity contribution in [2.75, 3.05) is 0 Å². The molecule has 1 heterocycles. The van der Waals surface area contributed by atoms with E-state index in [4.69, 9.17) is 9.52 Å². The molecule has 1 aromatic rings. The molecule has 1 amide bonds. The van der Waals surface area contributed by atoms with Crippen LogP contribution in [0.15, 0.2) is 21.2 Å². The molecule has 0 fully saturated rings. The first-order valence-corrected chi connectivity index (χ1v) is 6.06. The summed E-state index contributed by atoms with van der Waals surface area (Å²) < 4.78 is 5.60. The molecule has 0 saturated heterocycles. The number of aliphatic carboxylic acids is 1. The van der Waals surface area contributed by atoms with Crippen LogP contribution in [0, 0.1) is 0 Å². The Morgan fingerprint density at radius 1 is 1.53 bits per heavy atom. The maximum absolute atomic E-state index is 11.6. The van der Waals surface area contributed by atoms with Gasteiger partial charge < -0.3 is 14.8 Å². The molecule has 0 aromatic carbocycles. The second kappa shape index (κ2) is 6.44. The lowest BCUT2D eigenvalue weighted by Gasteiger charge is -2.11. The predicted octanol–water partition coefficient (Wildman–Crippen LogP) is 2.42. The van der Waals surface area contributed by atoms with E-state index in [-0.39, 0.29) is 24.1 Å². The lowest BCUT2D eigenvalue weighted by Crippen LogP contribution is -2.32. The summed E-state index contributed by atoms with van der Waals surface area (Å²) in [6.45, 7) is 1.83. The molecule has 0 radical (unpaired) electrons. The number of furan rings is 1. The first-order chi connectivity index (χ1) is 7.99. The normalized spacial score (nSPS) is 12.1. The Kier molecular flexibility index (Phi) is 5.21. The third-order valence-corrected chi connectivity index (χ3v) is 2.63. The van der Waals surface area contributed by atoms with Gasteiger partial charge in [0.05, 0.1) is 0 Å². The van der Waals surface area contributed by atoms with Gasteiger partial charge in [-0.05, 0) is 47.8 Å². The molecule has 1 aromatic heterocycles.